The fraction of sp³-hybridized carbons (Fsp3) is 0.316. The van der Waals surface area contributed by atoms with Crippen LogP contribution in [0.1, 0.15) is 36.6 Å². The first kappa shape index (κ1) is 15.3. The first-order valence-corrected chi connectivity index (χ1v) is 8.22. The Hall–Kier alpha value is -2.20. The normalized spacial score (nSPS) is 17.5. The van der Waals surface area contributed by atoms with Gasteiger partial charge in [0.15, 0.2) is 12.9 Å². The molecule has 0 aromatic heterocycles. The highest BCUT2D eigenvalue weighted by atomic mass is 35.5. The Labute approximate surface area is 148 Å². The molecule has 2 aromatic rings. The maximum atomic E-state index is 12.3. The number of halogens is 1. The van der Waals surface area contributed by atoms with Crippen LogP contribution in [0.4, 0.5) is 0 Å². The lowest BCUT2D eigenvalue weighted by molar-refractivity contribution is -0.121. The van der Waals surface area contributed by atoms with E-state index in [-0.39, 0.29) is 18.4 Å². The van der Waals surface area contributed by atoms with Crippen molar-refractivity contribution in [1.29, 1.82) is 0 Å². The largest absolute Gasteiger partial charge is 0.493 e. The van der Waals surface area contributed by atoms with Crippen molar-refractivity contribution in [2.45, 2.75) is 32.4 Å². The van der Waals surface area contributed by atoms with Gasteiger partial charge in [0.05, 0.1) is 25.7 Å². The summed E-state index contributed by atoms with van der Waals surface area (Å²) in [6, 6.07) is 10.4. The molecule has 1 heterocycles. The van der Waals surface area contributed by atoms with Gasteiger partial charge in [-0.1, -0.05) is 23.7 Å². The second-order valence-electron chi connectivity index (χ2n) is 6.02. The minimum absolute atomic E-state index is 0.0155. The van der Waals surface area contributed by atoms with Crippen LogP contribution < -0.4 is 14.8 Å². The third kappa shape index (κ3) is 3.34. The molecule has 1 atom stereocenters. The molecule has 0 fully saturated rings. The number of hydrogen-bond acceptors (Lipinski definition) is 3. The first-order chi connectivity index (χ1) is 11.9. The highest BCUT2D eigenvalue weighted by Crippen LogP contribution is 2.38. The predicted molar refractivity (Wildman–Crippen MR) is 93.9 cm³/mol. The van der Waals surface area contributed by atoms with Crippen molar-refractivity contribution in [3.8, 4) is 11.5 Å². The van der Waals surface area contributed by atoms with E-state index in [4.69, 9.17) is 22.5 Å². The van der Waals surface area contributed by atoms with Crippen LogP contribution in [0, 0.1) is 0 Å². The summed E-state index contributed by atoms with van der Waals surface area (Å²) in [5.41, 5.74) is 2.55. The summed E-state index contributed by atoms with van der Waals surface area (Å²) in [6.07, 6.45) is 0.152. The van der Waals surface area contributed by atoms with E-state index in [1.807, 2.05) is 38.1 Å². The summed E-state index contributed by atoms with van der Waals surface area (Å²) < 4.78 is 19.5. The number of carbonyl (C=O) groups is 1. The Kier molecular flexibility index (Phi) is 4.30. The maximum Gasteiger partial charge on any atom is 0.225 e. The second-order valence-corrected chi connectivity index (χ2v) is 6.46. The van der Waals surface area contributed by atoms with E-state index in [2.05, 4.69) is 0 Å². The summed E-state index contributed by atoms with van der Waals surface area (Å²) >= 11 is 5.97. The molecule has 2 aromatic carbocycles. The summed E-state index contributed by atoms with van der Waals surface area (Å²) in [5.74, 6) is 0.943. The quantitative estimate of drug-likeness (QED) is 0.913. The van der Waals surface area contributed by atoms with Gasteiger partial charge >= 0.3 is 0 Å². The summed E-state index contributed by atoms with van der Waals surface area (Å²) in [4.78, 5) is 12.3. The number of ether oxygens (including phenoxy) is 2. The molecule has 0 spiro atoms. The van der Waals surface area contributed by atoms with Crippen LogP contribution in [0.25, 0.3) is 0 Å². The molecule has 1 N–H and O–H groups in total. The third-order valence-electron chi connectivity index (χ3n) is 3.88. The molecule has 0 bridgehead atoms. The fourth-order valence-corrected chi connectivity index (χ4v) is 2.98. The zero-order chi connectivity index (χ0) is 18.1. The Bertz CT molecular complexity index is 792. The molecule has 24 heavy (non-hydrogen) atoms. The minimum Gasteiger partial charge on any atom is -0.493 e. The van der Waals surface area contributed by atoms with E-state index in [0.29, 0.717) is 16.5 Å². The molecular weight excluding hydrogens is 326 g/mol. The van der Waals surface area contributed by atoms with Gasteiger partial charge in [-0.15, -0.1) is 0 Å². The SMILES string of the molecule is [2H]N1C(=O)Cc2cc(OC)c(OC(C)C)cc2C1c1ccc(Cl)cc1. The van der Waals surface area contributed by atoms with E-state index < -0.39 is 6.04 Å². The molecule has 5 heteroatoms. The van der Waals surface area contributed by atoms with Gasteiger partial charge in [-0.25, -0.2) is 0 Å². The van der Waals surface area contributed by atoms with Gasteiger partial charge in [-0.3, -0.25) is 4.79 Å². The van der Waals surface area contributed by atoms with E-state index in [1.165, 1.54) is 0 Å². The Morgan fingerprint density at radius 2 is 1.96 bits per heavy atom. The van der Waals surface area contributed by atoms with Crippen LogP contribution in [-0.4, -0.2) is 19.1 Å². The van der Waals surface area contributed by atoms with E-state index in [9.17, 15) is 4.79 Å². The number of hydrogen-bond donors (Lipinski definition) is 1. The van der Waals surface area contributed by atoms with Gasteiger partial charge in [0.25, 0.3) is 0 Å². The Morgan fingerprint density at radius 1 is 1.25 bits per heavy atom. The maximum absolute atomic E-state index is 12.3. The van der Waals surface area contributed by atoms with Gasteiger partial charge in [-0.2, -0.15) is 0 Å². The van der Waals surface area contributed by atoms with Crippen molar-refractivity contribution in [2.24, 2.45) is 0 Å². The van der Waals surface area contributed by atoms with Crippen LogP contribution in [0.5, 0.6) is 11.5 Å². The topological polar surface area (TPSA) is 47.6 Å². The molecule has 1 amide bonds. The zero-order valence-electron chi connectivity index (χ0n) is 14.9. The average Bonchev–Trinajstić information content (AvgIpc) is 2.57. The second kappa shape index (κ2) is 6.73. The van der Waals surface area contributed by atoms with Crippen LogP contribution in [0.3, 0.4) is 0 Å². The molecule has 4 nitrogen and oxygen atoms in total. The van der Waals surface area contributed by atoms with Gasteiger partial charge in [0.2, 0.25) is 5.91 Å². The highest BCUT2D eigenvalue weighted by Gasteiger charge is 2.28. The van der Waals surface area contributed by atoms with Gasteiger partial charge < -0.3 is 14.8 Å². The number of nitrogens with one attached hydrogen (secondary N) is 1. The Balaban J connectivity index is 2.14. The summed E-state index contributed by atoms with van der Waals surface area (Å²) in [6.45, 7) is 3.88. The number of amides is 1. The van der Waals surface area contributed by atoms with Crippen molar-refractivity contribution >= 4 is 17.5 Å². The van der Waals surface area contributed by atoms with Crippen LogP contribution in [0.15, 0.2) is 36.4 Å². The highest BCUT2D eigenvalue weighted by molar-refractivity contribution is 6.30. The van der Waals surface area contributed by atoms with Crippen molar-refractivity contribution in [1.82, 2.24) is 5.31 Å². The molecule has 1 aliphatic rings. The van der Waals surface area contributed by atoms with Gasteiger partial charge in [-0.05, 0) is 54.8 Å². The van der Waals surface area contributed by atoms with Gasteiger partial charge in [0.1, 0.15) is 0 Å². The van der Waals surface area contributed by atoms with Crippen LogP contribution in [0.2, 0.25) is 6.43 Å². The van der Waals surface area contributed by atoms with Crippen molar-refractivity contribution in [3.63, 3.8) is 0 Å². The van der Waals surface area contributed by atoms with E-state index >= 15 is 0 Å². The number of fused-ring (bicyclic) bond motifs is 1. The molecular formula is C19H20ClNO3. The third-order valence-corrected chi connectivity index (χ3v) is 4.14. The number of benzene rings is 2. The molecule has 0 aliphatic carbocycles. The number of rotatable bonds is 4. The number of methoxy groups -OCH3 is 1. The molecule has 1 aliphatic heterocycles. The fourth-order valence-electron chi connectivity index (χ4n) is 2.85. The van der Waals surface area contributed by atoms with Crippen LogP contribution in [-0.2, 0) is 11.2 Å². The first-order valence-electron chi connectivity index (χ1n) is 8.29. The van der Waals surface area contributed by atoms with Crippen molar-refractivity contribution in [2.75, 3.05) is 7.11 Å². The van der Waals surface area contributed by atoms with Crippen molar-refractivity contribution in [3.05, 3.63) is 58.1 Å². The lowest BCUT2D eigenvalue weighted by atomic mass is 9.89. The van der Waals surface area contributed by atoms with E-state index in [0.717, 1.165) is 22.0 Å². The summed E-state index contributed by atoms with van der Waals surface area (Å²) in [7, 11) is 1.58. The van der Waals surface area contributed by atoms with E-state index in [1.54, 1.807) is 19.2 Å². The van der Waals surface area contributed by atoms with Crippen LogP contribution >= 0.6 is 11.6 Å². The molecule has 0 radical (unpaired) electrons. The average molecular weight is 347 g/mol. The van der Waals surface area contributed by atoms with Gasteiger partial charge in [0, 0.05) is 5.02 Å². The predicted octanol–water partition coefficient (Wildman–Crippen LogP) is 3.90. The zero-order valence-corrected chi connectivity index (χ0v) is 14.6. The monoisotopic (exact) mass is 346 g/mol. The standard InChI is InChI=1S/C19H20ClNO3/c1-11(2)24-17-10-15-13(8-16(17)23-3)9-18(22)21-19(15)12-4-6-14(20)7-5-12/h4-8,10-11,19H,9H2,1-3H3,(H,21,22)/i/hD. The molecule has 3 rings (SSSR count). The smallest absolute Gasteiger partial charge is 0.225 e. The molecule has 1 unspecified atom stereocenters. The van der Waals surface area contributed by atoms with Crippen molar-refractivity contribution < 1.29 is 15.7 Å². The minimum atomic E-state index is -0.506. The lowest BCUT2D eigenvalue weighted by Gasteiger charge is -2.28. The number of carbonyl (C=O) groups excluding carboxylic acids is 1. The lowest BCUT2D eigenvalue weighted by Crippen LogP contribution is -2.35. The Morgan fingerprint density at radius 3 is 2.58 bits per heavy atom. The molecule has 0 saturated heterocycles. The summed E-state index contributed by atoms with van der Waals surface area (Å²) in [5, 5.41) is 1.64. The molecule has 0 saturated carbocycles. The molecule has 126 valence electrons.